The van der Waals surface area contributed by atoms with E-state index in [2.05, 4.69) is 10.3 Å². The molecule has 1 aromatic carbocycles. The van der Waals surface area contributed by atoms with Crippen molar-refractivity contribution in [2.45, 2.75) is 13.1 Å². The number of nitrogens with one attached hydrogen (secondary N) is 1. The minimum Gasteiger partial charge on any atom is -0.370 e. The maximum Gasteiger partial charge on any atom is 0.435 e. The maximum absolute atomic E-state index is 13.0. The molecular weight excluding hydrogens is 305 g/mol. The van der Waals surface area contributed by atoms with E-state index in [4.69, 9.17) is 0 Å². The van der Waals surface area contributed by atoms with Crippen LogP contribution in [0.4, 0.5) is 18.9 Å². The zero-order valence-corrected chi connectivity index (χ0v) is 11.9. The summed E-state index contributed by atoms with van der Waals surface area (Å²) in [5, 5.41) is 2.83. The average Bonchev–Trinajstić information content (AvgIpc) is 2.43. The number of pyridine rings is 1. The number of hydrogen-bond acceptors (Lipinski definition) is 4. The summed E-state index contributed by atoms with van der Waals surface area (Å²) in [7, 11) is -3.44. The summed E-state index contributed by atoms with van der Waals surface area (Å²) in [4.78, 5) is 3.59. The van der Waals surface area contributed by atoms with Gasteiger partial charge in [-0.2, -0.15) is 13.2 Å². The monoisotopic (exact) mass is 318 g/mol. The highest BCUT2D eigenvalue weighted by Gasteiger charge is 2.36. The largest absolute Gasteiger partial charge is 0.435 e. The first kappa shape index (κ1) is 15.6. The van der Waals surface area contributed by atoms with Gasteiger partial charge in [-0.1, -0.05) is 25.1 Å². The van der Waals surface area contributed by atoms with Crippen molar-refractivity contribution in [3.63, 3.8) is 0 Å². The van der Waals surface area contributed by atoms with Gasteiger partial charge in [0.1, 0.15) is 5.88 Å². The molecule has 0 aliphatic heterocycles. The second kappa shape index (κ2) is 5.51. The van der Waals surface area contributed by atoms with Crippen molar-refractivity contribution in [2.75, 3.05) is 16.9 Å². The maximum atomic E-state index is 13.0. The Kier molecular flexibility index (Phi) is 4.08. The van der Waals surface area contributed by atoms with E-state index in [-0.39, 0.29) is 17.0 Å². The zero-order chi connectivity index (χ0) is 15.7. The molecule has 0 spiro atoms. The Balaban J connectivity index is 2.49. The molecule has 0 fully saturated rings. The zero-order valence-electron chi connectivity index (χ0n) is 11.1. The molecule has 1 aromatic heterocycles. The number of sulfone groups is 1. The van der Waals surface area contributed by atoms with E-state index in [1.165, 1.54) is 19.1 Å². The van der Waals surface area contributed by atoms with Crippen molar-refractivity contribution < 1.29 is 21.6 Å². The summed E-state index contributed by atoms with van der Waals surface area (Å²) in [6.45, 7) is 1.43. The van der Waals surface area contributed by atoms with Crippen LogP contribution in [0.15, 0.2) is 30.3 Å². The van der Waals surface area contributed by atoms with Crippen LogP contribution in [0, 0.1) is 0 Å². The molecule has 114 valence electrons. The number of halogens is 3. The summed E-state index contributed by atoms with van der Waals surface area (Å²) in [5.41, 5.74) is -1.25. The minimum atomic E-state index is -4.66. The third-order valence-electron chi connectivity index (χ3n) is 2.91. The number of para-hydroxylation sites is 1. The first-order valence-corrected chi connectivity index (χ1v) is 7.96. The minimum absolute atomic E-state index is 0.150. The predicted octanol–water partition coefficient (Wildman–Crippen LogP) is 3.06. The fraction of sp³-hybridized carbons (Fsp3) is 0.308. The van der Waals surface area contributed by atoms with Crippen molar-refractivity contribution in [3.8, 4) is 0 Å². The first-order chi connectivity index (χ1) is 9.73. The van der Waals surface area contributed by atoms with Gasteiger partial charge in [0.05, 0.1) is 11.2 Å². The van der Waals surface area contributed by atoms with Crippen LogP contribution in [0.3, 0.4) is 0 Å². The third-order valence-corrected chi connectivity index (χ3v) is 4.38. The summed E-state index contributed by atoms with van der Waals surface area (Å²) in [5.74, 6) is -0.713. The number of hydrogen-bond donors (Lipinski definition) is 1. The Morgan fingerprint density at radius 3 is 2.52 bits per heavy atom. The van der Waals surface area contributed by atoms with Crippen LogP contribution in [0.1, 0.15) is 12.6 Å². The Labute approximate surface area is 119 Å². The van der Waals surface area contributed by atoms with Gasteiger partial charge < -0.3 is 5.32 Å². The fourth-order valence-corrected chi connectivity index (χ4v) is 2.34. The van der Waals surface area contributed by atoms with Gasteiger partial charge in [0.15, 0.2) is 15.5 Å². The number of benzene rings is 1. The standard InChI is InChI=1S/C13H13F3N2O2S/c1-2-21(19,20)8-17-11-7-9-5-3-4-6-10(9)18-12(11)13(14,15)16/h3-7,17H,2,8H2,1H3. The summed E-state index contributed by atoms with van der Waals surface area (Å²) < 4.78 is 61.9. The van der Waals surface area contributed by atoms with E-state index in [1.807, 2.05) is 0 Å². The molecule has 8 heteroatoms. The van der Waals surface area contributed by atoms with Crippen LogP contribution in [0.25, 0.3) is 10.9 Å². The Morgan fingerprint density at radius 2 is 1.90 bits per heavy atom. The van der Waals surface area contributed by atoms with Crippen molar-refractivity contribution in [3.05, 3.63) is 36.0 Å². The lowest BCUT2D eigenvalue weighted by Gasteiger charge is -2.14. The molecule has 2 aromatic rings. The van der Waals surface area contributed by atoms with E-state index in [0.29, 0.717) is 5.39 Å². The fourth-order valence-electron chi connectivity index (χ4n) is 1.76. The topological polar surface area (TPSA) is 59.1 Å². The van der Waals surface area contributed by atoms with Gasteiger partial charge in [0.25, 0.3) is 0 Å². The number of rotatable bonds is 4. The number of aromatic nitrogens is 1. The Bertz CT molecular complexity index is 758. The van der Waals surface area contributed by atoms with E-state index in [1.54, 1.807) is 18.2 Å². The average molecular weight is 318 g/mol. The molecule has 2 rings (SSSR count). The molecule has 0 saturated carbocycles. The summed E-state index contributed by atoms with van der Waals surface area (Å²) >= 11 is 0. The highest BCUT2D eigenvalue weighted by molar-refractivity contribution is 7.91. The van der Waals surface area contributed by atoms with Crippen molar-refractivity contribution in [2.24, 2.45) is 0 Å². The van der Waals surface area contributed by atoms with Crippen LogP contribution >= 0.6 is 0 Å². The normalized spacial score (nSPS) is 12.6. The van der Waals surface area contributed by atoms with Crippen LogP contribution in [0.5, 0.6) is 0 Å². The molecule has 1 N–H and O–H groups in total. The van der Waals surface area contributed by atoms with E-state index >= 15 is 0 Å². The van der Waals surface area contributed by atoms with Crippen molar-refractivity contribution in [1.29, 1.82) is 0 Å². The second-order valence-electron chi connectivity index (χ2n) is 4.43. The van der Waals surface area contributed by atoms with E-state index in [9.17, 15) is 21.6 Å². The lowest BCUT2D eigenvalue weighted by molar-refractivity contribution is -0.140. The molecular formula is C13H13F3N2O2S. The highest BCUT2D eigenvalue weighted by Crippen LogP contribution is 2.35. The number of nitrogens with zero attached hydrogens (tertiary/aromatic N) is 1. The van der Waals surface area contributed by atoms with Crippen LogP contribution < -0.4 is 5.32 Å². The summed E-state index contributed by atoms with van der Waals surface area (Å²) in [6.07, 6.45) is -4.66. The van der Waals surface area contributed by atoms with Crippen LogP contribution in [0.2, 0.25) is 0 Å². The molecule has 0 amide bonds. The van der Waals surface area contributed by atoms with Crippen LogP contribution in [-0.2, 0) is 16.0 Å². The van der Waals surface area contributed by atoms with E-state index in [0.717, 1.165) is 0 Å². The number of alkyl halides is 3. The van der Waals surface area contributed by atoms with Crippen LogP contribution in [-0.4, -0.2) is 25.0 Å². The number of fused-ring (bicyclic) bond motifs is 1. The first-order valence-electron chi connectivity index (χ1n) is 6.14. The van der Waals surface area contributed by atoms with Gasteiger partial charge >= 0.3 is 6.18 Å². The lowest BCUT2D eigenvalue weighted by Crippen LogP contribution is -2.19. The van der Waals surface area contributed by atoms with Gasteiger partial charge in [-0.15, -0.1) is 0 Å². The third kappa shape index (κ3) is 3.63. The summed E-state index contributed by atoms with van der Waals surface area (Å²) in [6, 6.07) is 7.60. The molecule has 0 atom stereocenters. The molecule has 0 aliphatic rings. The van der Waals surface area contributed by atoms with Gasteiger partial charge in [-0.3, -0.25) is 0 Å². The van der Waals surface area contributed by atoms with Crippen molar-refractivity contribution in [1.82, 2.24) is 4.98 Å². The Hall–Kier alpha value is -1.83. The molecule has 21 heavy (non-hydrogen) atoms. The molecule has 0 unspecified atom stereocenters. The van der Waals surface area contributed by atoms with E-state index < -0.39 is 27.6 Å². The van der Waals surface area contributed by atoms with Gasteiger partial charge in [-0.05, 0) is 12.1 Å². The molecule has 0 bridgehead atoms. The van der Waals surface area contributed by atoms with Gasteiger partial charge in [0.2, 0.25) is 0 Å². The van der Waals surface area contributed by atoms with Gasteiger partial charge in [0, 0.05) is 11.1 Å². The second-order valence-corrected chi connectivity index (χ2v) is 6.78. The number of anilines is 1. The smallest absolute Gasteiger partial charge is 0.370 e. The quantitative estimate of drug-likeness (QED) is 0.941. The highest BCUT2D eigenvalue weighted by atomic mass is 32.2. The molecule has 0 radical (unpaired) electrons. The molecule has 0 aliphatic carbocycles. The molecule has 4 nitrogen and oxygen atoms in total. The van der Waals surface area contributed by atoms with Gasteiger partial charge in [-0.25, -0.2) is 13.4 Å². The lowest BCUT2D eigenvalue weighted by atomic mass is 10.1. The predicted molar refractivity (Wildman–Crippen MR) is 74.7 cm³/mol. The Morgan fingerprint density at radius 1 is 1.24 bits per heavy atom. The molecule has 1 heterocycles. The SMILES string of the molecule is CCS(=O)(=O)CNc1cc2ccccc2nc1C(F)(F)F. The van der Waals surface area contributed by atoms with Crippen molar-refractivity contribution >= 4 is 26.4 Å². The molecule has 0 saturated heterocycles.